The fourth-order valence-electron chi connectivity index (χ4n) is 4.72. The molecule has 3 heterocycles. The highest BCUT2D eigenvalue weighted by Crippen LogP contribution is 2.30. The summed E-state index contributed by atoms with van der Waals surface area (Å²) in [5.74, 6) is -0.825. The Bertz CT molecular complexity index is 1150. The van der Waals surface area contributed by atoms with Crippen molar-refractivity contribution in [2.45, 2.75) is 12.5 Å². The number of anilines is 1. The molecule has 33 heavy (non-hydrogen) atoms. The van der Waals surface area contributed by atoms with Gasteiger partial charge in [0.2, 0.25) is 5.91 Å². The first-order valence-corrected chi connectivity index (χ1v) is 11.2. The van der Waals surface area contributed by atoms with E-state index in [1.807, 2.05) is 36.3 Å². The number of aromatic nitrogens is 2. The number of carbonyl (C=O) groups excluding carboxylic acids is 2. The Morgan fingerprint density at radius 1 is 0.939 bits per heavy atom. The van der Waals surface area contributed by atoms with Gasteiger partial charge in [-0.2, -0.15) is 5.10 Å². The van der Waals surface area contributed by atoms with Gasteiger partial charge < -0.3 is 14.7 Å². The lowest BCUT2D eigenvalue weighted by Gasteiger charge is -2.39. The first-order valence-electron chi connectivity index (χ1n) is 11.2. The molecule has 1 atom stereocenters. The van der Waals surface area contributed by atoms with E-state index in [2.05, 4.69) is 10.00 Å². The van der Waals surface area contributed by atoms with E-state index in [4.69, 9.17) is 0 Å². The molecule has 3 aromatic rings. The maximum atomic E-state index is 13.6. The van der Waals surface area contributed by atoms with Gasteiger partial charge in [0.25, 0.3) is 5.91 Å². The standard InChI is InChI=1S/C25H26FN5O2/c1-28-15-19-16-31(24(32)18-5-3-2-4-6-18)17-22(23(19)27-28)25(33)30-13-11-29(12-14-30)21-9-7-20(26)8-10-21/h2-10,15,22H,11-14,16-17H2,1H3. The molecule has 170 valence electrons. The topological polar surface area (TPSA) is 61.7 Å². The van der Waals surface area contributed by atoms with E-state index < -0.39 is 5.92 Å². The van der Waals surface area contributed by atoms with Crippen molar-refractivity contribution in [2.24, 2.45) is 7.05 Å². The van der Waals surface area contributed by atoms with Crippen molar-refractivity contribution in [3.63, 3.8) is 0 Å². The highest BCUT2D eigenvalue weighted by atomic mass is 19.1. The van der Waals surface area contributed by atoms with Gasteiger partial charge in [-0.3, -0.25) is 14.3 Å². The number of hydrogen-bond donors (Lipinski definition) is 0. The molecule has 1 unspecified atom stereocenters. The summed E-state index contributed by atoms with van der Waals surface area (Å²) in [7, 11) is 1.84. The van der Waals surface area contributed by atoms with Gasteiger partial charge >= 0.3 is 0 Å². The molecule has 1 aromatic heterocycles. The van der Waals surface area contributed by atoms with Crippen LogP contribution in [0.2, 0.25) is 0 Å². The fraction of sp³-hybridized carbons (Fsp3) is 0.320. The molecular formula is C25H26FN5O2. The van der Waals surface area contributed by atoms with Crippen molar-refractivity contribution in [3.05, 3.63) is 83.4 Å². The van der Waals surface area contributed by atoms with Crippen molar-refractivity contribution in [3.8, 4) is 0 Å². The summed E-state index contributed by atoms with van der Waals surface area (Å²) < 4.78 is 15.0. The van der Waals surface area contributed by atoms with Crippen LogP contribution in [0.15, 0.2) is 60.8 Å². The Labute approximate surface area is 192 Å². The number of amides is 2. The monoisotopic (exact) mass is 447 g/mol. The van der Waals surface area contributed by atoms with Crippen LogP contribution in [0.3, 0.4) is 0 Å². The summed E-state index contributed by atoms with van der Waals surface area (Å²) in [5.41, 5.74) is 3.24. The van der Waals surface area contributed by atoms with Crippen LogP contribution in [-0.4, -0.2) is 64.1 Å². The van der Waals surface area contributed by atoms with Crippen LogP contribution in [0, 0.1) is 5.82 Å². The average molecular weight is 448 g/mol. The van der Waals surface area contributed by atoms with Crippen molar-refractivity contribution in [2.75, 3.05) is 37.6 Å². The van der Waals surface area contributed by atoms with Crippen LogP contribution in [0.1, 0.15) is 27.5 Å². The minimum Gasteiger partial charge on any atom is -0.368 e. The second-order valence-electron chi connectivity index (χ2n) is 8.61. The molecule has 0 bridgehead atoms. The van der Waals surface area contributed by atoms with Gasteiger partial charge in [-0.25, -0.2) is 4.39 Å². The molecule has 0 radical (unpaired) electrons. The van der Waals surface area contributed by atoms with Crippen molar-refractivity contribution >= 4 is 17.5 Å². The number of nitrogens with zero attached hydrogens (tertiary/aromatic N) is 5. The van der Waals surface area contributed by atoms with Crippen LogP contribution in [-0.2, 0) is 18.4 Å². The lowest BCUT2D eigenvalue weighted by atomic mass is 9.94. The first-order chi connectivity index (χ1) is 16.0. The smallest absolute Gasteiger partial charge is 0.254 e. The van der Waals surface area contributed by atoms with Crippen molar-refractivity contribution in [1.29, 1.82) is 0 Å². The lowest BCUT2D eigenvalue weighted by molar-refractivity contribution is -0.133. The van der Waals surface area contributed by atoms with Crippen LogP contribution in [0.4, 0.5) is 10.1 Å². The molecule has 0 spiro atoms. The minimum absolute atomic E-state index is 0.000678. The largest absolute Gasteiger partial charge is 0.368 e. The Morgan fingerprint density at radius 3 is 2.33 bits per heavy atom. The molecule has 2 aliphatic heterocycles. The van der Waals surface area contributed by atoms with Crippen LogP contribution in [0.5, 0.6) is 0 Å². The van der Waals surface area contributed by atoms with Gasteiger partial charge in [-0.1, -0.05) is 18.2 Å². The summed E-state index contributed by atoms with van der Waals surface area (Å²) in [4.78, 5) is 32.5. The summed E-state index contributed by atoms with van der Waals surface area (Å²) >= 11 is 0. The number of hydrogen-bond acceptors (Lipinski definition) is 4. The molecule has 1 saturated heterocycles. The van der Waals surface area contributed by atoms with E-state index in [1.54, 1.807) is 33.8 Å². The summed E-state index contributed by atoms with van der Waals surface area (Å²) in [6, 6.07) is 15.6. The minimum atomic E-state index is -0.486. The number of carbonyl (C=O) groups is 2. The molecule has 8 heteroatoms. The number of piperazine rings is 1. The summed E-state index contributed by atoms with van der Waals surface area (Å²) in [6.45, 7) is 3.24. The number of fused-ring (bicyclic) bond motifs is 1. The maximum absolute atomic E-state index is 13.6. The Kier molecular flexibility index (Phi) is 5.58. The summed E-state index contributed by atoms with van der Waals surface area (Å²) in [6.07, 6.45) is 1.90. The number of benzene rings is 2. The van der Waals surface area contributed by atoms with Gasteiger partial charge in [0, 0.05) is 69.3 Å². The molecular weight excluding hydrogens is 421 g/mol. The molecule has 2 aromatic carbocycles. The Morgan fingerprint density at radius 2 is 1.64 bits per heavy atom. The molecule has 0 saturated carbocycles. The average Bonchev–Trinajstić information content (AvgIpc) is 3.24. The van der Waals surface area contributed by atoms with E-state index in [0.29, 0.717) is 44.8 Å². The predicted molar refractivity (Wildman–Crippen MR) is 122 cm³/mol. The second-order valence-corrected chi connectivity index (χ2v) is 8.61. The van der Waals surface area contributed by atoms with Gasteiger partial charge in [-0.05, 0) is 36.4 Å². The number of aryl methyl sites for hydroxylation is 1. The molecule has 1 fully saturated rings. The normalized spacial score (nSPS) is 18.2. The van der Waals surface area contributed by atoms with Crippen molar-refractivity contribution in [1.82, 2.24) is 19.6 Å². The zero-order chi connectivity index (χ0) is 22.9. The highest BCUT2D eigenvalue weighted by molar-refractivity contribution is 5.95. The molecule has 2 aliphatic rings. The highest BCUT2D eigenvalue weighted by Gasteiger charge is 2.38. The third-order valence-corrected chi connectivity index (χ3v) is 6.42. The fourth-order valence-corrected chi connectivity index (χ4v) is 4.72. The van der Waals surface area contributed by atoms with Crippen LogP contribution in [0.25, 0.3) is 0 Å². The quantitative estimate of drug-likeness (QED) is 0.620. The van der Waals surface area contributed by atoms with Crippen molar-refractivity contribution < 1.29 is 14.0 Å². The third-order valence-electron chi connectivity index (χ3n) is 6.42. The zero-order valence-electron chi connectivity index (χ0n) is 18.5. The van der Waals surface area contributed by atoms with E-state index in [9.17, 15) is 14.0 Å². The van der Waals surface area contributed by atoms with E-state index in [0.717, 1.165) is 16.9 Å². The second kappa shape index (κ2) is 8.69. The molecule has 2 amide bonds. The van der Waals surface area contributed by atoms with Gasteiger partial charge in [0.15, 0.2) is 0 Å². The maximum Gasteiger partial charge on any atom is 0.254 e. The molecule has 5 rings (SSSR count). The Balaban J connectivity index is 1.32. The molecule has 7 nitrogen and oxygen atoms in total. The Hall–Kier alpha value is -3.68. The van der Waals surface area contributed by atoms with Crippen LogP contribution >= 0.6 is 0 Å². The van der Waals surface area contributed by atoms with E-state index in [1.165, 1.54) is 12.1 Å². The number of halogens is 1. The third kappa shape index (κ3) is 4.20. The first kappa shape index (κ1) is 21.2. The molecule has 0 N–H and O–H groups in total. The SMILES string of the molecule is Cn1cc2c(n1)C(C(=O)N1CCN(c3ccc(F)cc3)CC1)CN(C(=O)c1ccccc1)C2. The molecule has 0 aliphatic carbocycles. The number of rotatable bonds is 3. The lowest BCUT2D eigenvalue weighted by Crippen LogP contribution is -2.52. The van der Waals surface area contributed by atoms with E-state index in [-0.39, 0.29) is 17.6 Å². The summed E-state index contributed by atoms with van der Waals surface area (Å²) in [5, 5.41) is 4.57. The van der Waals surface area contributed by atoms with Gasteiger partial charge in [0.05, 0.1) is 5.69 Å². The van der Waals surface area contributed by atoms with E-state index >= 15 is 0 Å². The van der Waals surface area contributed by atoms with Gasteiger partial charge in [-0.15, -0.1) is 0 Å². The zero-order valence-corrected chi connectivity index (χ0v) is 18.5. The van der Waals surface area contributed by atoms with Gasteiger partial charge in [0.1, 0.15) is 11.7 Å². The van der Waals surface area contributed by atoms with Crippen LogP contribution < -0.4 is 4.90 Å². The predicted octanol–water partition coefficient (Wildman–Crippen LogP) is 2.65.